The first-order chi connectivity index (χ1) is 13.7. The lowest BCUT2D eigenvalue weighted by Gasteiger charge is -2.23. The molecule has 1 aliphatic rings. The number of aliphatic carboxylic acids is 1. The van der Waals surface area contributed by atoms with Gasteiger partial charge in [0.2, 0.25) is 0 Å². The maximum Gasteiger partial charge on any atom is 0.310 e. The number of carboxylic acids is 1. The van der Waals surface area contributed by atoms with Crippen LogP contribution < -0.4 is 9.47 Å². The molecule has 28 heavy (non-hydrogen) atoms. The number of carboxylic acid groups (broad SMARTS) is 1. The van der Waals surface area contributed by atoms with Crippen LogP contribution in [0.1, 0.15) is 12.0 Å². The van der Waals surface area contributed by atoms with Crippen LogP contribution in [0.3, 0.4) is 0 Å². The number of aryl methyl sites for hydroxylation is 1. The Labute approximate surface area is 164 Å². The number of carbonyl (C=O) groups is 1. The van der Waals surface area contributed by atoms with Crippen LogP contribution in [0, 0.1) is 5.92 Å². The van der Waals surface area contributed by atoms with E-state index in [0.717, 1.165) is 18.5 Å². The van der Waals surface area contributed by atoms with Gasteiger partial charge in [0.15, 0.2) is 11.5 Å². The lowest BCUT2D eigenvalue weighted by Crippen LogP contribution is -2.33. The molecule has 152 valence electrons. The zero-order valence-corrected chi connectivity index (χ0v) is 16.1. The molecule has 1 unspecified atom stereocenters. The number of hydrogen-bond donors (Lipinski definition) is 1. The Bertz CT molecular complexity index is 750. The van der Waals surface area contributed by atoms with Gasteiger partial charge < -0.3 is 23.9 Å². The topological polar surface area (TPSA) is 86.0 Å². The van der Waals surface area contributed by atoms with Gasteiger partial charge in [0.1, 0.15) is 0 Å². The molecule has 3 rings (SSSR count). The maximum absolute atomic E-state index is 11.4. The molecule has 1 aliphatic heterocycles. The third-order valence-electron chi connectivity index (χ3n) is 4.74. The number of methoxy groups -OCH3 is 1. The fourth-order valence-corrected chi connectivity index (χ4v) is 3.26. The first-order valence-corrected chi connectivity index (χ1v) is 9.44. The van der Waals surface area contributed by atoms with E-state index in [0.29, 0.717) is 44.3 Å². The fourth-order valence-electron chi connectivity index (χ4n) is 3.26. The highest BCUT2D eigenvalue weighted by atomic mass is 16.5. The van der Waals surface area contributed by atoms with Crippen LogP contribution in [-0.2, 0) is 22.6 Å². The van der Waals surface area contributed by atoms with E-state index in [-0.39, 0.29) is 6.61 Å². The molecule has 0 bridgehead atoms. The molecule has 1 fully saturated rings. The normalized spacial score (nSPS) is 17.8. The smallest absolute Gasteiger partial charge is 0.310 e. The van der Waals surface area contributed by atoms with Gasteiger partial charge in [-0.05, 0) is 12.5 Å². The van der Waals surface area contributed by atoms with Crippen LogP contribution in [0.5, 0.6) is 11.5 Å². The predicted molar refractivity (Wildman–Crippen MR) is 103 cm³/mol. The number of rotatable bonds is 9. The van der Waals surface area contributed by atoms with E-state index in [1.165, 1.54) is 0 Å². The van der Waals surface area contributed by atoms with Crippen molar-refractivity contribution in [2.45, 2.75) is 19.5 Å². The van der Waals surface area contributed by atoms with Crippen molar-refractivity contribution in [1.82, 2.24) is 14.5 Å². The Morgan fingerprint density at radius 3 is 3.07 bits per heavy atom. The molecular formula is C20H27N3O5. The molecule has 1 saturated heterocycles. The number of hydrogen-bond acceptors (Lipinski definition) is 6. The van der Waals surface area contributed by atoms with E-state index in [4.69, 9.17) is 14.2 Å². The molecule has 0 spiro atoms. The number of ether oxygens (including phenoxy) is 3. The Balaban J connectivity index is 1.65. The molecule has 8 heteroatoms. The van der Waals surface area contributed by atoms with E-state index in [9.17, 15) is 9.90 Å². The second-order valence-corrected chi connectivity index (χ2v) is 6.80. The van der Waals surface area contributed by atoms with Crippen molar-refractivity contribution in [3.05, 3.63) is 42.5 Å². The van der Waals surface area contributed by atoms with Gasteiger partial charge in [-0.3, -0.25) is 9.69 Å². The van der Waals surface area contributed by atoms with E-state index in [1.807, 2.05) is 29.0 Å². The molecular weight excluding hydrogens is 362 g/mol. The van der Waals surface area contributed by atoms with Gasteiger partial charge in [-0.2, -0.15) is 0 Å². The number of benzene rings is 1. The van der Waals surface area contributed by atoms with Gasteiger partial charge >= 0.3 is 5.97 Å². The first-order valence-electron chi connectivity index (χ1n) is 9.44. The lowest BCUT2D eigenvalue weighted by molar-refractivity contribution is -0.143. The molecule has 2 heterocycles. The van der Waals surface area contributed by atoms with Crippen molar-refractivity contribution in [2.75, 3.05) is 40.0 Å². The predicted octanol–water partition coefficient (Wildman–Crippen LogP) is 1.89. The molecule has 0 saturated carbocycles. The summed E-state index contributed by atoms with van der Waals surface area (Å²) in [7, 11) is 1.62. The molecule has 0 aliphatic carbocycles. The van der Waals surface area contributed by atoms with Crippen LogP contribution in [0.2, 0.25) is 0 Å². The summed E-state index contributed by atoms with van der Waals surface area (Å²) in [6.45, 7) is 3.87. The SMILES string of the molecule is COc1cccc(CN2CCOCC(C(=O)O)C2)c1OCCCn1ccnc1. The number of imidazole rings is 1. The molecule has 1 atom stereocenters. The zero-order chi connectivity index (χ0) is 19.8. The first kappa shape index (κ1) is 20.2. The Kier molecular flexibility index (Phi) is 7.27. The van der Waals surface area contributed by atoms with E-state index < -0.39 is 11.9 Å². The highest BCUT2D eigenvalue weighted by Crippen LogP contribution is 2.32. The van der Waals surface area contributed by atoms with E-state index >= 15 is 0 Å². The molecule has 1 aromatic carbocycles. The number of aromatic nitrogens is 2. The minimum atomic E-state index is -0.825. The van der Waals surface area contributed by atoms with Crippen LogP contribution in [0.15, 0.2) is 36.9 Å². The highest BCUT2D eigenvalue weighted by molar-refractivity contribution is 5.70. The molecule has 1 N–H and O–H groups in total. The van der Waals surface area contributed by atoms with Crippen molar-refractivity contribution in [1.29, 1.82) is 0 Å². The van der Waals surface area contributed by atoms with Crippen molar-refractivity contribution >= 4 is 5.97 Å². The zero-order valence-electron chi connectivity index (χ0n) is 16.1. The van der Waals surface area contributed by atoms with Gasteiger partial charge in [-0.15, -0.1) is 0 Å². The second-order valence-electron chi connectivity index (χ2n) is 6.80. The minimum absolute atomic E-state index is 0.252. The summed E-state index contributed by atoms with van der Waals surface area (Å²) in [5.41, 5.74) is 0.980. The third-order valence-corrected chi connectivity index (χ3v) is 4.74. The van der Waals surface area contributed by atoms with Crippen molar-refractivity contribution in [2.24, 2.45) is 5.92 Å². The van der Waals surface area contributed by atoms with E-state index in [1.54, 1.807) is 19.6 Å². The van der Waals surface area contributed by atoms with E-state index in [2.05, 4.69) is 9.88 Å². The Morgan fingerprint density at radius 2 is 2.32 bits per heavy atom. The molecule has 2 aromatic rings. The second kappa shape index (κ2) is 10.1. The monoisotopic (exact) mass is 389 g/mol. The minimum Gasteiger partial charge on any atom is -0.493 e. The molecule has 0 amide bonds. The van der Waals surface area contributed by atoms with Gasteiger partial charge in [0, 0.05) is 44.1 Å². The van der Waals surface area contributed by atoms with Gasteiger partial charge in [-0.25, -0.2) is 4.98 Å². The molecule has 0 radical (unpaired) electrons. The number of para-hydroxylation sites is 1. The quantitative estimate of drug-likeness (QED) is 0.656. The summed E-state index contributed by atoms with van der Waals surface area (Å²) in [6, 6.07) is 5.80. The van der Waals surface area contributed by atoms with Crippen LogP contribution >= 0.6 is 0 Å². The van der Waals surface area contributed by atoms with Crippen molar-refractivity contribution < 1.29 is 24.1 Å². The van der Waals surface area contributed by atoms with Crippen molar-refractivity contribution in [3.63, 3.8) is 0 Å². The molecule has 1 aromatic heterocycles. The lowest BCUT2D eigenvalue weighted by atomic mass is 10.1. The van der Waals surface area contributed by atoms with Crippen LogP contribution in [-0.4, -0.2) is 65.5 Å². The van der Waals surface area contributed by atoms with Crippen LogP contribution in [0.25, 0.3) is 0 Å². The summed E-state index contributed by atoms with van der Waals surface area (Å²) in [5, 5.41) is 9.35. The summed E-state index contributed by atoms with van der Waals surface area (Å²) >= 11 is 0. The summed E-state index contributed by atoms with van der Waals surface area (Å²) in [4.78, 5) is 17.5. The molecule has 8 nitrogen and oxygen atoms in total. The average molecular weight is 389 g/mol. The largest absolute Gasteiger partial charge is 0.493 e. The van der Waals surface area contributed by atoms with Gasteiger partial charge in [-0.1, -0.05) is 12.1 Å². The fraction of sp³-hybridized carbons (Fsp3) is 0.500. The van der Waals surface area contributed by atoms with Crippen molar-refractivity contribution in [3.8, 4) is 11.5 Å². The standard InChI is InChI=1S/C20H27N3O5/c1-26-18-5-2-4-16(12-23-9-11-27-14-17(13-23)20(24)25)19(18)28-10-3-7-22-8-6-21-15-22/h2,4-6,8,15,17H,3,7,9-14H2,1H3,(H,24,25). The van der Waals surface area contributed by atoms with Gasteiger partial charge in [0.25, 0.3) is 0 Å². The summed E-state index contributed by atoms with van der Waals surface area (Å²) in [6.07, 6.45) is 6.31. The third kappa shape index (κ3) is 5.46. The Hall–Kier alpha value is -2.58. The maximum atomic E-state index is 11.4. The van der Waals surface area contributed by atoms with Crippen LogP contribution in [0.4, 0.5) is 0 Å². The highest BCUT2D eigenvalue weighted by Gasteiger charge is 2.25. The summed E-state index contributed by atoms with van der Waals surface area (Å²) in [5.74, 6) is 0.0508. The summed E-state index contributed by atoms with van der Waals surface area (Å²) < 4.78 is 19.0. The van der Waals surface area contributed by atoms with Gasteiger partial charge in [0.05, 0.1) is 39.2 Å². The average Bonchev–Trinajstić information content (AvgIpc) is 3.10. The number of nitrogens with zero attached hydrogens (tertiary/aromatic N) is 3. The Morgan fingerprint density at radius 1 is 1.43 bits per heavy atom.